The molecule has 1 saturated carbocycles. The lowest BCUT2D eigenvalue weighted by atomic mass is 9.62. The molecule has 2 aliphatic rings. The van der Waals surface area contributed by atoms with Gasteiger partial charge in [0.05, 0.1) is 29.9 Å². The van der Waals surface area contributed by atoms with Crippen molar-refractivity contribution in [3.05, 3.63) is 59.0 Å². The van der Waals surface area contributed by atoms with Crippen molar-refractivity contribution < 1.29 is 13.9 Å². The Kier molecular flexibility index (Phi) is 6.83. The second kappa shape index (κ2) is 9.80. The number of ether oxygens (including phenoxy) is 1. The molecule has 2 aromatic rings. The molecule has 1 aliphatic heterocycles. The lowest BCUT2D eigenvalue weighted by Crippen LogP contribution is -2.64. The van der Waals surface area contributed by atoms with E-state index >= 15 is 0 Å². The maximum absolute atomic E-state index is 14.1. The van der Waals surface area contributed by atoms with Gasteiger partial charge in [0.2, 0.25) is 0 Å². The van der Waals surface area contributed by atoms with E-state index in [0.717, 1.165) is 44.2 Å². The largest absolute Gasteiger partial charge is 0.490 e. The van der Waals surface area contributed by atoms with E-state index in [1.807, 2.05) is 25.1 Å². The Morgan fingerprint density at radius 2 is 2.06 bits per heavy atom. The second-order valence-corrected chi connectivity index (χ2v) is 9.36. The Balaban J connectivity index is 1.29. The van der Waals surface area contributed by atoms with Crippen LogP contribution in [0, 0.1) is 16.6 Å². The molecule has 0 amide bonds. The van der Waals surface area contributed by atoms with Gasteiger partial charge in [0, 0.05) is 57.0 Å². The molecule has 1 aromatic carbocycles. The highest BCUT2D eigenvalue weighted by atomic mass is 19.1. The van der Waals surface area contributed by atoms with E-state index in [1.165, 1.54) is 10.6 Å². The smallest absolute Gasteiger partial charge is 0.153 e. The van der Waals surface area contributed by atoms with Gasteiger partial charge in [0.15, 0.2) is 6.29 Å². The molecule has 8 nitrogen and oxygen atoms in total. The van der Waals surface area contributed by atoms with Crippen molar-refractivity contribution >= 4 is 24.5 Å². The molecule has 1 spiro atoms. The number of aldehydes is 1. The lowest BCUT2D eigenvalue weighted by Gasteiger charge is -2.58. The van der Waals surface area contributed by atoms with Crippen LogP contribution in [-0.4, -0.2) is 73.4 Å². The van der Waals surface area contributed by atoms with Crippen LogP contribution >= 0.6 is 0 Å². The molecule has 2 heterocycles. The number of halogens is 1. The molecule has 3 N–H and O–H groups in total. The zero-order valence-electron chi connectivity index (χ0n) is 19.6. The molecule has 1 saturated heterocycles. The monoisotopic (exact) mass is 466 g/mol. The van der Waals surface area contributed by atoms with Crippen LogP contribution in [-0.2, 0) is 0 Å². The average molecular weight is 467 g/mol. The molecular formula is C25H31FN6O2. The normalized spacial score (nSPS) is 18.0. The van der Waals surface area contributed by atoms with E-state index in [2.05, 4.69) is 9.89 Å². The molecule has 1 aliphatic carbocycles. The van der Waals surface area contributed by atoms with Gasteiger partial charge >= 0.3 is 0 Å². The zero-order chi connectivity index (χ0) is 24.3. The van der Waals surface area contributed by atoms with Crippen molar-refractivity contribution in [1.82, 2.24) is 14.4 Å². The summed E-state index contributed by atoms with van der Waals surface area (Å²) in [7, 11) is 3.73. The van der Waals surface area contributed by atoms with Crippen LogP contribution in [0.2, 0.25) is 0 Å². The van der Waals surface area contributed by atoms with Gasteiger partial charge in [-0.1, -0.05) is 0 Å². The number of hydrogen-bond donors (Lipinski definition) is 2. The number of carbonyl (C=O) groups is 1. The van der Waals surface area contributed by atoms with E-state index in [9.17, 15) is 9.18 Å². The van der Waals surface area contributed by atoms with Crippen molar-refractivity contribution in [2.24, 2.45) is 10.4 Å². The molecule has 4 rings (SSSR count). The minimum atomic E-state index is -0.544. The summed E-state index contributed by atoms with van der Waals surface area (Å²) in [6.07, 6.45) is 8.90. The predicted octanol–water partition coefficient (Wildman–Crippen LogP) is 2.45. The summed E-state index contributed by atoms with van der Waals surface area (Å²) in [5, 5.41) is 8.09. The number of nitrogens with one attached hydrogen (secondary N) is 1. The van der Waals surface area contributed by atoms with Crippen molar-refractivity contribution in [1.29, 1.82) is 5.41 Å². The Morgan fingerprint density at radius 1 is 1.29 bits per heavy atom. The molecule has 0 unspecified atom stereocenters. The summed E-state index contributed by atoms with van der Waals surface area (Å²) >= 11 is 0. The summed E-state index contributed by atoms with van der Waals surface area (Å²) < 4.78 is 21.8. The van der Waals surface area contributed by atoms with E-state index in [0.29, 0.717) is 30.0 Å². The third-order valence-electron chi connectivity index (χ3n) is 6.43. The first-order chi connectivity index (χ1) is 16.3. The summed E-state index contributed by atoms with van der Waals surface area (Å²) in [6.45, 7) is 3.61. The summed E-state index contributed by atoms with van der Waals surface area (Å²) in [4.78, 5) is 20.3. The van der Waals surface area contributed by atoms with Gasteiger partial charge in [-0.15, -0.1) is 0 Å². The quantitative estimate of drug-likeness (QED) is 0.336. The zero-order valence-corrected chi connectivity index (χ0v) is 19.6. The number of nitrogens with two attached hydrogens (primary N) is 1. The number of rotatable bonds is 9. The number of nitrogen functional groups attached to an aromatic ring is 1. The first-order valence-electron chi connectivity index (χ1n) is 11.3. The number of carbonyl (C=O) groups excluding carboxylic acids is 1. The van der Waals surface area contributed by atoms with E-state index in [-0.39, 0.29) is 17.1 Å². The van der Waals surface area contributed by atoms with E-state index < -0.39 is 5.82 Å². The standard InChI is InChI=1S/C25H31FN6O2/c1-30(2)8-6-20-21(14-33)22(26)3-4-23(20)34-19-12-25(13-19)15-31(16-25)10-7-29-18-5-9-32(17-27)24(28)11-18/h3-6,8-9,11,14,17,19,27H,7,10,12-13,15-16,28H2,1-2H3/b8-6-,27-17?,29-18?. The third-order valence-corrected chi connectivity index (χ3v) is 6.43. The Hall–Kier alpha value is -3.46. The van der Waals surface area contributed by atoms with Crippen molar-refractivity contribution in [3.63, 3.8) is 0 Å². The molecule has 2 fully saturated rings. The fraction of sp³-hybridized carbons (Fsp3) is 0.400. The fourth-order valence-corrected chi connectivity index (χ4v) is 4.75. The average Bonchev–Trinajstić information content (AvgIpc) is 2.75. The maximum atomic E-state index is 14.1. The Labute approximate surface area is 198 Å². The van der Waals surface area contributed by atoms with Crippen LogP contribution in [0.25, 0.3) is 6.08 Å². The number of pyridine rings is 1. The molecule has 180 valence electrons. The van der Waals surface area contributed by atoms with Crippen molar-refractivity contribution in [3.8, 4) is 5.75 Å². The number of hydrogen-bond acceptors (Lipinski definition) is 7. The minimum Gasteiger partial charge on any atom is -0.490 e. The summed E-state index contributed by atoms with van der Waals surface area (Å²) in [5.41, 5.74) is 6.67. The van der Waals surface area contributed by atoms with Crippen LogP contribution in [0.3, 0.4) is 0 Å². The molecule has 0 bridgehead atoms. The molecule has 0 atom stereocenters. The second-order valence-electron chi connectivity index (χ2n) is 9.36. The van der Waals surface area contributed by atoms with Crippen LogP contribution in [0.5, 0.6) is 5.75 Å². The Morgan fingerprint density at radius 3 is 2.71 bits per heavy atom. The minimum absolute atomic E-state index is 0.0241. The first kappa shape index (κ1) is 23.7. The van der Waals surface area contributed by atoms with Crippen LogP contribution in [0.4, 0.5) is 10.2 Å². The van der Waals surface area contributed by atoms with Crippen molar-refractivity contribution in [2.45, 2.75) is 18.9 Å². The van der Waals surface area contributed by atoms with Gasteiger partial charge in [-0.25, -0.2) is 4.39 Å². The maximum Gasteiger partial charge on any atom is 0.153 e. The number of aromatic nitrogens is 1. The van der Waals surface area contributed by atoms with E-state index in [1.54, 1.807) is 30.6 Å². The highest BCUT2D eigenvalue weighted by Gasteiger charge is 2.53. The SMILES string of the molecule is CN(C)/C=C\c1c(OC2CC3(C2)CN(CCN=c2ccn(C=N)c(N)c2)C3)ccc(F)c1C=O. The fourth-order valence-electron chi connectivity index (χ4n) is 4.75. The van der Waals surface area contributed by atoms with Crippen LogP contribution in [0.15, 0.2) is 41.7 Å². The van der Waals surface area contributed by atoms with Crippen LogP contribution in [0.1, 0.15) is 28.8 Å². The lowest BCUT2D eigenvalue weighted by molar-refractivity contribution is -0.117. The van der Waals surface area contributed by atoms with Crippen molar-refractivity contribution in [2.75, 3.05) is 46.0 Å². The Bertz CT molecular complexity index is 1160. The van der Waals surface area contributed by atoms with E-state index in [4.69, 9.17) is 15.9 Å². The van der Waals surface area contributed by atoms with Gasteiger partial charge in [0.1, 0.15) is 17.4 Å². The highest BCUT2D eigenvalue weighted by Crippen LogP contribution is 2.49. The number of benzene rings is 1. The molecule has 9 heteroatoms. The molecular weight excluding hydrogens is 435 g/mol. The highest BCUT2D eigenvalue weighted by molar-refractivity contribution is 5.84. The number of likely N-dealkylation sites (tertiary alicyclic amines) is 1. The van der Waals surface area contributed by atoms with Gasteiger partial charge < -0.3 is 20.3 Å². The first-order valence-corrected chi connectivity index (χ1v) is 11.3. The van der Waals surface area contributed by atoms with Gasteiger partial charge in [0.25, 0.3) is 0 Å². The van der Waals surface area contributed by atoms with Gasteiger partial charge in [-0.05, 0) is 43.3 Å². The topological polar surface area (TPSA) is 99.9 Å². The molecule has 34 heavy (non-hydrogen) atoms. The predicted molar refractivity (Wildman–Crippen MR) is 130 cm³/mol. The van der Waals surface area contributed by atoms with Gasteiger partial charge in [-0.2, -0.15) is 0 Å². The van der Waals surface area contributed by atoms with Crippen LogP contribution < -0.4 is 15.8 Å². The third kappa shape index (κ3) is 5.04. The number of anilines is 1. The summed E-state index contributed by atoms with van der Waals surface area (Å²) in [5.74, 6) is 0.488. The molecule has 1 aromatic heterocycles. The molecule has 0 radical (unpaired) electrons. The summed E-state index contributed by atoms with van der Waals surface area (Å²) in [6, 6.07) is 6.52. The van der Waals surface area contributed by atoms with Gasteiger partial charge in [-0.3, -0.25) is 19.8 Å². The number of nitrogens with zero attached hydrogens (tertiary/aromatic N) is 4.